The van der Waals surface area contributed by atoms with Crippen molar-refractivity contribution in [1.29, 1.82) is 0 Å². The van der Waals surface area contributed by atoms with Crippen LogP contribution in [-0.2, 0) is 11.2 Å². The molecule has 0 radical (unpaired) electrons. The molecular weight excluding hydrogens is 274 g/mol. The third-order valence-corrected chi connectivity index (χ3v) is 3.84. The summed E-state index contributed by atoms with van der Waals surface area (Å²) in [6, 6.07) is 2.03. The van der Waals surface area contributed by atoms with E-state index in [2.05, 4.69) is 22.9 Å². The zero-order valence-corrected chi connectivity index (χ0v) is 11.2. The van der Waals surface area contributed by atoms with Crippen molar-refractivity contribution in [1.82, 2.24) is 0 Å². The Morgan fingerprint density at radius 2 is 2.40 bits per heavy atom. The molecule has 2 nitrogen and oxygen atoms in total. The zero-order chi connectivity index (χ0) is 11.3. The van der Waals surface area contributed by atoms with Crippen LogP contribution in [0.5, 0.6) is 0 Å². The van der Waals surface area contributed by atoms with E-state index in [9.17, 15) is 4.79 Å². The maximum atomic E-state index is 11.6. The molecule has 0 aromatic carbocycles. The van der Waals surface area contributed by atoms with E-state index >= 15 is 0 Å². The molecule has 1 rings (SSSR count). The van der Waals surface area contributed by atoms with E-state index in [0.717, 1.165) is 22.2 Å². The summed E-state index contributed by atoms with van der Waals surface area (Å²) in [6.45, 7) is 2.08. The number of rotatable bonds is 6. The van der Waals surface area contributed by atoms with E-state index in [1.165, 1.54) is 0 Å². The predicted octanol–water partition coefficient (Wildman–Crippen LogP) is 3.14. The van der Waals surface area contributed by atoms with Crippen LogP contribution < -0.4 is 5.73 Å². The second kappa shape index (κ2) is 6.40. The monoisotopic (exact) mass is 289 g/mol. The number of thiophene rings is 1. The lowest BCUT2D eigenvalue weighted by atomic mass is 10.0. The fourth-order valence-electron chi connectivity index (χ4n) is 1.48. The van der Waals surface area contributed by atoms with Crippen LogP contribution >= 0.6 is 27.3 Å². The third kappa shape index (κ3) is 4.91. The first-order chi connectivity index (χ1) is 7.11. The topological polar surface area (TPSA) is 43.1 Å². The minimum Gasteiger partial charge on any atom is -0.327 e. The summed E-state index contributed by atoms with van der Waals surface area (Å²) in [5.74, 6) is 0.241. The molecule has 2 N–H and O–H groups in total. The van der Waals surface area contributed by atoms with Crippen LogP contribution in [-0.4, -0.2) is 11.8 Å². The summed E-state index contributed by atoms with van der Waals surface area (Å²) < 4.78 is 1.05. The van der Waals surface area contributed by atoms with Crippen LogP contribution in [0, 0.1) is 0 Å². The molecule has 1 atom stereocenters. The van der Waals surface area contributed by atoms with Crippen molar-refractivity contribution < 1.29 is 4.79 Å². The number of halogens is 1. The minimum absolute atomic E-state index is 0.0332. The van der Waals surface area contributed by atoms with Crippen LogP contribution in [0.15, 0.2) is 15.9 Å². The molecule has 1 aromatic rings. The lowest BCUT2D eigenvalue weighted by molar-refractivity contribution is -0.118. The summed E-state index contributed by atoms with van der Waals surface area (Å²) in [5, 5.41) is 1.99. The summed E-state index contributed by atoms with van der Waals surface area (Å²) in [4.78, 5) is 12.7. The van der Waals surface area contributed by atoms with Gasteiger partial charge in [0.1, 0.15) is 5.78 Å². The van der Waals surface area contributed by atoms with Gasteiger partial charge < -0.3 is 5.73 Å². The van der Waals surface area contributed by atoms with Gasteiger partial charge in [0.15, 0.2) is 0 Å². The quantitative estimate of drug-likeness (QED) is 0.874. The molecule has 0 aliphatic rings. The van der Waals surface area contributed by atoms with Gasteiger partial charge in [0.25, 0.3) is 0 Å². The second-order valence-electron chi connectivity index (χ2n) is 3.70. The Labute approximate surface area is 103 Å². The molecule has 0 spiro atoms. The Balaban J connectivity index is 2.36. The van der Waals surface area contributed by atoms with Crippen molar-refractivity contribution >= 4 is 33.0 Å². The highest BCUT2D eigenvalue weighted by Gasteiger charge is 2.10. The van der Waals surface area contributed by atoms with Crippen molar-refractivity contribution in [2.45, 2.75) is 38.6 Å². The number of hydrogen-bond donors (Lipinski definition) is 1. The first-order valence-corrected chi connectivity index (χ1v) is 6.79. The second-order valence-corrected chi connectivity index (χ2v) is 5.61. The highest BCUT2D eigenvalue weighted by molar-refractivity contribution is 9.10. The molecule has 4 heteroatoms. The van der Waals surface area contributed by atoms with E-state index in [-0.39, 0.29) is 11.8 Å². The molecule has 0 bridgehead atoms. The lowest BCUT2D eigenvalue weighted by Crippen LogP contribution is -2.24. The molecule has 0 aliphatic carbocycles. The molecule has 15 heavy (non-hydrogen) atoms. The lowest BCUT2D eigenvalue weighted by Gasteiger charge is -2.07. The van der Waals surface area contributed by atoms with Crippen LogP contribution in [0.2, 0.25) is 0 Å². The molecule has 0 aliphatic heterocycles. The van der Waals surface area contributed by atoms with Gasteiger partial charge in [-0.1, -0.05) is 13.3 Å². The maximum Gasteiger partial charge on any atom is 0.139 e. The normalized spacial score (nSPS) is 12.7. The Morgan fingerprint density at radius 3 is 2.93 bits per heavy atom. The minimum atomic E-state index is 0.0332. The molecule has 1 aromatic heterocycles. The number of hydrogen-bond acceptors (Lipinski definition) is 3. The standard InChI is InChI=1S/C11H16BrNOS/c1-2-3-9(13)5-10(14)6-11-4-8(12)7-15-11/h4,7,9H,2-3,5-6,13H2,1H3. The van der Waals surface area contributed by atoms with Gasteiger partial charge in [-0.05, 0) is 28.4 Å². The van der Waals surface area contributed by atoms with Gasteiger partial charge in [-0.2, -0.15) is 0 Å². The summed E-state index contributed by atoms with van der Waals surface area (Å²) in [6.07, 6.45) is 3.00. The van der Waals surface area contributed by atoms with Gasteiger partial charge in [0.05, 0.1) is 0 Å². The molecule has 0 amide bonds. The van der Waals surface area contributed by atoms with Gasteiger partial charge in [0.2, 0.25) is 0 Å². The fraction of sp³-hybridized carbons (Fsp3) is 0.545. The molecule has 0 saturated carbocycles. The van der Waals surface area contributed by atoms with Crippen molar-refractivity contribution in [2.75, 3.05) is 0 Å². The van der Waals surface area contributed by atoms with Crippen molar-refractivity contribution in [3.05, 3.63) is 20.8 Å². The number of carbonyl (C=O) groups excluding carboxylic acids is 1. The van der Waals surface area contributed by atoms with Crippen LogP contribution in [0.4, 0.5) is 0 Å². The summed E-state index contributed by atoms with van der Waals surface area (Å²) in [5.41, 5.74) is 5.82. The van der Waals surface area contributed by atoms with Crippen molar-refractivity contribution in [3.8, 4) is 0 Å². The maximum absolute atomic E-state index is 11.6. The smallest absolute Gasteiger partial charge is 0.139 e. The number of carbonyl (C=O) groups is 1. The number of Topliss-reactive ketones (excluding diaryl/α,β-unsaturated/α-hetero) is 1. The Kier molecular flexibility index (Phi) is 5.50. The van der Waals surface area contributed by atoms with E-state index < -0.39 is 0 Å². The Bertz CT molecular complexity index is 324. The highest BCUT2D eigenvalue weighted by Crippen LogP contribution is 2.20. The van der Waals surface area contributed by atoms with Gasteiger partial charge in [-0.3, -0.25) is 4.79 Å². The van der Waals surface area contributed by atoms with E-state index in [1.54, 1.807) is 11.3 Å². The Hall–Kier alpha value is -0.190. The van der Waals surface area contributed by atoms with Gasteiger partial charge in [-0.25, -0.2) is 0 Å². The largest absolute Gasteiger partial charge is 0.327 e. The van der Waals surface area contributed by atoms with E-state index in [1.807, 2.05) is 11.4 Å². The molecule has 1 heterocycles. The average Bonchev–Trinajstić information content (AvgIpc) is 2.51. The summed E-state index contributed by atoms with van der Waals surface area (Å²) >= 11 is 4.98. The molecule has 84 valence electrons. The number of ketones is 1. The number of nitrogens with two attached hydrogens (primary N) is 1. The predicted molar refractivity (Wildman–Crippen MR) is 68.2 cm³/mol. The average molecular weight is 290 g/mol. The first-order valence-electron chi connectivity index (χ1n) is 5.12. The summed E-state index contributed by atoms with van der Waals surface area (Å²) in [7, 11) is 0. The zero-order valence-electron chi connectivity index (χ0n) is 8.83. The third-order valence-electron chi connectivity index (χ3n) is 2.14. The van der Waals surface area contributed by atoms with Crippen LogP contribution in [0.1, 0.15) is 31.1 Å². The fourth-order valence-corrected chi connectivity index (χ4v) is 2.96. The van der Waals surface area contributed by atoms with Gasteiger partial charge in [-0.15, -0.1) is 11.3 Å². The molecule has 1 unspecified atom stereocenters. The molecule has 0 fully saturated rings. The van der Waals surface area contributed by atoms with Crippen LogP contribution in [0.3, 0.4) is 0 Å². The van der Waals surface area contributed by atoms with Crippen molar-refractivity contribution in [2.24, 2.45) is 5.73 Å². The van der Waals surface area contributed by atoms with E-state index in [4.69, 9.17) is 5.73 Å². The SMILES string of the molecule is CCCC(N)CC(=O)Cc1cc(Br)cs1. The van der Waals surface area contributed by atoms with Gasteiger partial charge >= 0.3 is 0 Å². The van der Waals surface area contributed by atoms with Crippen LogP contribution in [0.25, 0.3) is 0 Å². The van der Waals surface area contributed by atoms with E-state index in [0.29, 0.717) is 12.8 Å². The Morgan fingerprint density at radius 1 is 1.67 bits per heavy atom. The molecular formula is C11H16BrNOS. The first kappa shape index (κ1) is 12.9. The van der Waals surface area contributed by atoms with Gasteiger partial charge in [0, 0.05) is 33.6 Å². The molecule has 0 saturated heterocycles. The van der Waals surface area contributed by atoms with Crippen molar-refractivity contribution in [3.63, 3.8) is 0 Å². The highest BCUT2D eigenvalue weighted by atomic mass is 79.9.